The second-order valence-electron chi connectivity index (χ2n) is 8.04. The molecule has 0 bridgehead atoms. The molecule has 30 heavy (non-hydrogen) atoms. The zero-order valence-electron chi connectivity index (χ0n) is 17.5. The maximum Gasteiger partial charge on any atom is 0.407 e. The molecule has 7 nitrogen and oxygen atoms in total. The molecule has 0 saturated heterocycles. The van der Waals surface area contributed by atoms with Gasteiger partial charge in [-0.15, -0.1) is 11.3 Å². The van der Waals surface area contributed by atoms with Gasteiger partial charge in [0.15, 0.2) is 0 Å². The highest BCUT2D eigenvalue weighted by molar-refractivity contribution is 7.13. The largest absolute Gasteiger partial charge is 0.465 e. The summed E-state index contributed by atoms with van der Waals surface area (Å²) in [4.78, 5) is 27.1. The molecular formula is C22H26N4O3S. The van der Waals surface area contributed by atoms with Gasteiger partial charge in [0, 0.05) is 30.7 Å². The first-order chi connectivity index (χ1) is 14.2. The molecule has 0 fully saturated rings. The van der Waals surface area contributed by atoms with Gasteiger partial charge in [-0.05, 0) is 38.5 Å². The summed E-state index contributed by atoms with van der Waals surface area (Å²) in [5.74, 6) is -0.243. The second-order valence-corrected chi connectivity index (χ2v) is 8.95. The molecule has 8 heteroatoms. The number of hydrogen-bond acceptors (Lipinski definition) is 4. The van der Waals surface area contributed by atoms with Crippen molar-refractivity contribution in [2.75, 3.05) is 6.54 Å². The van der Waals surface area contributed by atoms with Gasteiger partial charge in [-0.2, -0.15) is 5.10 Å². The Labute approximate surface area is 180 Å². The van der Waals surface area contributed by atoms with E-state index in [4.69, 9.17) is 0 Å². The van der Waals surface area contributed by atoms with E-state index >= 15 is 0 Å². The molecule has 0 aliphatic heterocycles. The summed E-state index contributed by atoms with van der Waals surface area (Å²) in [6.45, 7) is 5.66. The Hall–Kier alpha value is -3.13. The predicted molar refractivity (Wildman–Crippen MR) is 118 cm³/mol. The maximum absolute atomic E-state index is 13.0. The Kier molecular flexibility index (Phi) is 6.26. The minimum atomic E-state index is -1.02. The number of thiophene rings is 1. The van der Waals surface area contributed by atoms with Crippen LogP contribution >= 0.6 is 11.3 Å². The Morgan fingerprint density at radius 3 is 2.50 bits per heavy atom. The fourth-order valence-corrected chi connectivity index (χ4v) is 4.13. The third kappa shape index (κ3) is 4.88. The molecule has 3 rings (SSSR count). The summed E-state index contributed by atoms with van der Waals surface area (Å²) < 4.78 is 1.76. The molecule has 2 aromatic heterocycles. The minimum absolute atomic E-state index is 0.146. The zero-order chi connectivity index (χ0) is 21.9. The molecule has 0 saturated carbocycles. The van der Waals surface area contributed by atoms with Crippen LogP contribution in [0.4, 0.5) is 4.79 Å². The summed E-state index contributed by atoms with van der Waals surface area (Å²) >= 11 is 1.47. The number of nitrogens with one attached hydrogen (secondary N) is 1. The lowest BCUT2D eigenvalue weighted by atomic mass is 10.0. The van der Waals surface area contributed by atoms with E-state index < -0.39 is 17.7 Å². The van der Waals surface area contributed by atoms with E-state index in [1.54, 1.807) is 16.3 Å². The molecule has 0 spiro atoms. The Morgan fingerprint density at radius 1 is 1.23 bits per heavy atom. The highest BCUT2D eigenvalue weighted by atomic mass is 32.1. The molecular weight excluding hydrogens is 400 g/mol. The smallest absolute Gasteiger partial charge is 0.407 e. The van der Waals surface area contributed by atoms with Crippen LogP contribution in [0.5, 0.6) is 0 Å². The van der Waals surface area contributed by atoms with Crippen molar-refractivity contribution in [2.24, 2.45) is 7.05 Å². The topological polar surface area (TPSA) is 87.5 Å². The lowest BCUT2D eigenvalue weighted by molar-refractivity contribution is 0.0822. The highest BCUT2D eigenvalue weighted by Gasteiger charge is 2.30. The summed E-state index contributed by atoms with van der Waals surface area (Å²) in [5, 5.41) is 18.7. The van der Waals surface area contributed by atoms with Crippen LogP contribution in [0.3, 0.4) is 0 Å². The Balaban J connectivity index is 1.84. The monoisotopic (exact) mass is 426 g/mol. The summed E-state index contributed by atoms with van der Waals surface area (Å²) in [5.41, 5.74) is 1.72. The first kappa shape index (κ1) is 21.6. The minimum Gasteiger partial charge on any atom is -0.465 e. The third-order valence-electron chi connectivity index (χ3n) is 4.85. The van der Waals surface area contributed by atoms with Gasteiger partial charge in [-0.25, -0.2) is 4.79 Å². The van der Waals surface area contributed by atoms with Crippen LogP contribution in [-0.2, 0) is 7.05 Å². The van der Waals surface area contributed by atoms with Crippen LogP contribution in [0, 0.1) is 0 Å². The van der Waals surface area contributed by atoms with E-state index in [-0.39, 0.29) is 12.5 Å². The van der Waals surface area contributed by atoms with Crippen molar-refractivity contribution in [2.45, 2.75) is 32.4 Å². The number of hydrogen-bond donors (Lipinski definition) is 2. The lowest BCUT2D eigenvalue weighted by Gasteiger charge is -2.36. The number of aryl methyl sites for hydroxylation is 1. The lowest BCUT2D eigenvalue weighted by Crippen LogP contribution is -2.49. The van der Waals surface area contributed by atoms with Crippen molar-refractivity contribution in [1.82, 2.24) is 20.0 Å². The van der Waals surface area contributed by atoms with Gasteiger partial charge in [-0.3, -0.25) is 9.48 Å². The molecule has 3 aromatic rings. The first-order valence-electron chi connectivity index (χ1n) is 9.60. The van der Waals surface area contributed by atoms with Gasteiger partial charge in [0.1, 0.15) is 0 Å². The van der Waals surface area contributed by atoms with E-state index in [1.807, 2.05) is 70.3 Å². The number of carboxylic acid groups (broad SMARTS) is 1. The number of rotatable bonds is 6. The van der Waals surface area contributed by atoms with Gasteiger partial charge < -0.3 is 15.3 Å². The fourth-order valence-electron chi connectivity index (χ4n) is 3.19. The fraction of sp³-hybridized carbons (Fsp3) is 0.318. The van der Waals surface area contributed by atoms with Crippen LogP contribution in [-0.4, -0.2) is 43.9 Å². The normalized spacial score (nSPS) is 12.4. The van der Waals surface area contributed by atoms with Crippen molar-refractivity contribution in [3.05, 3.63) is 65.2 Å². The zero-order valence-corrected chi connectivity index (χ0v) is 18.3. The van der Waals surface area contributed by atoms with E-state index in [2.05, 4.69) is 10.4 Å². The summed E-state index contributed by atoms with van der Waals surface area (Å²) in [6.07, 6.45) is 0.694. The van der Waals surface area contributed by atoms with Crippen molar-refractivity contribution < 1.29 is 14.7 Å². The molecule has 2 N–H and O–H groups in total. The number of carbonyl (C=O) groups excluding carboxylic acids is 1. The average molecular weight is 427 g/mol. The molecule has 0 aliphatic carbocycles. The quantitative estimate of drug-likeness (QED) is 0.612. The number of benzene rings is 1. The standard InChI is InChI=1S/C22H26N4O3S/c1-22(2,3)26(21(28)29)13-17(15-8-6-5-7-9-15)24-20(27)16-12-19(30-14-16)18-10-11-23-25(18)4/h5-12,14,17H,13H2,1-4H3,(H,24,27)(H,28,29). The molecule has 0 radical (unpaired) electrons. The Morgan fingerprint density at radius 2 is 1.93 bits per heavy atom. The third-order valence-corrected chi connectivity index (χ3v) is 5.80. The molecule has 1 aromatic carbocycles. The van der Waals surface area contributed by atoms with Crippen LogP contribution in [0.15, 0.2) is 54.0 Å². The van der Waals surface area contributed by atoms with Crippen LogP contribution in [0.2, 0.25) is 0 Å². The predicted octanol–water partition coefficient (Wildman–Crippen LogP) is 4.40. The van der Waals surface area contributed by atoms with E-state index in [0.717, 1.165) is 16.1 Å². The molecule has 1 unspecified atom stereocenters. The Bertz CT molecular complexity index is 1020. The second kappa shape index (κ2) is 8.71. The number of aromatic nitrogens is 2. The molecule has 158 valence electrons. The maximum atomic E-state index is 13.0. The number of nitrogens with zero attached hydrogens (tertiary/aromatic N) is 3. The number of amides is 2. The van der Waals surface area contributed by atoms with Crippen LogP contribution in [0.1, 0.15) is 42.7 Å². The van der Waals surface area contributed by atoms with Crippen molar-refractivity contribution >= 4 is 23.3 Å². The van der Waals surface area contributed by atoms with Gasteiger partial charge in [0.25, 0.3) is 5.91 Å². The van der Waals surface area contributed by atoms with E-state index in [9.17, 15) is 14.7 Å². The first-order valence-corrected chi connectivity index (χ1v) is 10.5. The molecule has 1 atom stereocenters. The van der Waals surface area contributed by atoms with Crippen LogP contribution < -0.4 is 5.32 Å². The van der Waals surface area contributed by atoms with Crippen LogP contribution in [0.25, 0.3) is 10.6 Å². The van der Waals surface area contributed by atoms with Gasteiger partial charge >= 0.3 is 6.09 Å². The van der Waals surface area contributed by atoms with Gasteiger partial charge in [0.2, 0.25) is 0 Å². The SMILES string of the molecule is Cn1nccc1-c1cc(C(=O)NC(CN(C(=O)O)C(C)(C)C)c2ccccc2)cs1. The molecule has 0 aliphatic rings. The average Bonchev–Trinajstić information content (AvgIpc) is 3.33. The van der Waals surface area contributed by atoms with Crippen molar-refractivity contribution in [1.29, 1.82) is 0 Å². The van der Waals surface area contributed by atoms with E-state index in [1.165, 1.54) is 16.2 Å². The summed E-state index contributed by atoms with van der Waals surface area (Å²) in [6, 6.07) is 12.7. The molecule has 2 heterocycles. The highest BCUT2D eigenvalue weighted by Crippen LogP contribution is 2.27. The van der Waals surface area contributed by atoms with Crippen molar-refractivity contribution in [3.63, 3.8) is 0 Å². The summed E-state index contributed by atoms with van der Waals surface area (Å²) in [7, 11) is 1.85. The van der Waals surface area contributed by atoms with Gasteiger partial charge in [0.05, 0.1) is 22.2 Å². The number of carbonyl (C=O) groups is 2. The van der Waals surface area contributed by atoms with Gasteiger partial charge in [-0.1, -0.05) is 30.3 Å². The van der Waals surface area contributed by atoms with E-state index in [0.29, 0.717) is 5.56 Å². The molecule has 2 amide bonds. The van der Waals surface area contributed by atoms with Crippen molar-refractivity contribution in [3.8, 4) is 10.6 Å².